The van der Waals surface area contributed by atoms with Crippen LogP contribution in [0.25, 0.3) is 16.6 Å². The van der Waals surface area contributed by atoms with Gasteiger partial charge in [-0.15, -0.1) is 0 Å². The van der Waals surface area contributed by atoms with Crippen molar-refractivity contribution in [3.63, 3.8) is 0 Å². The first-order valence-corrected chi connectivity index (χ1v) is 10.7. The van der Waals surface area contributed by atoms with Crippen molar-refractivity contribution in [3.05, 3.63) is 63.9 Å². The molecule has 0 bridgehead atoms. The molecule has 0 aliphatic carbocycles. The van der Waals surface area contributed by atoms with Gasteiger partial charge in [0, 0.05) is 6.54 Å². The number of carbonyl (C=O) groups excluding carboxylic acids is 1. The Balaban J connectivity index is 2.10. The molecule has 29 heavy (non-hydrogen) atoms. The minimum atomic E-state index is -0.376. The van der Waals surface area contributed by atoms with E-state index in [1.54, 1.807) is 10.6 Å². The average molecular weight is 410 g/mol. The predicted molar refractivity (Wildman–Crippen MR) is 120 cm³/mol. The maximum atomic E-state index is 13.3. The molecule has 0 saturated heterocycles. The van der Waals surface area contributed by atoms with Crippen molar-refractivity contribution in [2.45, 2.75) is 45.0 Å². The van der Waals surface area contributed by atoms with Crippen LogP contribution >= 0.6 is 11.8 Å². The molecule has 3 rings (SSSR count). The fourth-order valence-electron chi connectivity index (χ4n) is 3.16. The second-order valence-corrected chi connectivity index (χ2v) is 9.11. The highest BCUT2D eigenvalue weighted by molar-refractivity contribution is 8.00. The Morgan fingerprint density at radius 1 is 1.10 bits per heavy atom. The third-order valence-corrected chi connectivity index (χ3v) is 5.60. The molecule has 1 atom stereocenters. The molecule has 2 aromatic carbocycles. The maximum Gasteiger partial charge on any atom is 0.266 e. The van der Waals surface area contributed by atoms with Gasteiger partial charge in [0.25, 0.3) is 5.56 Å². The molecule has 3 aromatic rings. The number of hydrogen-bond donors (Lipinski definition) is 1. The number of carbonyl (C=O) groups is 1. The second-order valence-electron chi connectivity index (χ2n) is 7.80. The van der Waals surface area contributed by atoms with Crippen molar-refractivity contribution in [3.8, 4) is 5.69 Å². The molecule has 0 spiro atoms. The molecule has 0 fully saturated rings. The number of thioether (sulfide) groups is 1. The maximum absolute atomic E-state index is 13.3. The van der Waals surface area contributed by atoms with Crippen molar-refractivity contribution in [2.75, 3.05) is 6.54 Å². The zero-order valence-electron chi connectivity index (χ0n) is 17.5. The fraction of sp³-hybridized carbons (Fsp3) is 0.348. The van der Waals surface area contributed by atoms with Crippen LogP contribution in [0, 0.1) is 19.8 Å². The first-order chi connectivity index (χ1) is 13.8. The van der Waals surface area contributed by atoms with Crippen molar-refractivity contribution in [1.29, 1.82) is 0 Å². The smallest absolute Gasteiger partial charge is 0.266 e. The number of hydrogen-bond acceptors (Lipinski definition) is 4. The number of nitrogens with one attached hydrogen (secondary N) is 1. The van der Waals surface area contributed by atoms with E-state index in [0.29, 0.717) is 28.5 Å². The number of nitrogens with zero attached hydrogens (tertiary/aromatic N) is 2. The molecule has 152 valence electrons. The Morgan fingerprint density at radius 3 is 2.41 bits per heavy atom. The minimum absolute atomic E-state index is 0.0573. The molecule has 0 aliphatic heterocycles. The van der Waals surface area contributed by atoms with E-state index in [1.165, 1.54) is 11.8 Å². The lowest BCUT2D eigenvalue weighted by Crippen LogP contribution is -2.34. The lowest BCUT2D eigenvalue weighted by molar-refractivity contribution is -0.120. The fourth-order valence-corrected chi connectivity index (χ4v) is 4.11. The summed E-state index contributed by atoms with van der Waals surface area (Å²) in [6.07, 6.45) is 0. The Morgan fingerprint density at radius 2 is 1.76 bits per heavy atom. The number of fused-ring (bicyclic) bond motifs is 1. The molecule has 1 heterocycles. The van der Waals surface area contributed by atoms with Crippen LogP contribution in [0.2, 0.25) is 0 Å². The van der Waals surface area contributed by atoms with Crippen molar-refractivity contribution in [2.24, 2.45) is 5.92 Å². The first-order valence-electron chi connectivity index (χ1n) is 9.81. The summed E-state index contributed by atoms with van der Waals surface area (Å²) >= 11 is 1.31. The topological polar surface area (TPSA) is 64.0 Å². The molecule has 0 radical (unpaired) electrons. The summed E-state index contributed by atoms with van der Waals surface area (Å²) in [4.78, 5) is 30.6. The Labute approximate surface area is 175 Å². The van der Waals surface area contributed by atoms with Gasteiger partial charge in [0.15, 0.2) is 5.16 Å². The van der Waals surface area contributed by atoms with E-state index in [2.05, 4.69) is 25.2 Å². The molecular weight excluding hydrogens is 382 g/mol. The number of rotatable bonds is 6. The summed E-state index contributed by atoms with van der Waals surface area (Å²) in [5, 5.41) is 3.66. The molecule has 1 aromatic heterocycles. The van der Waals surface area contributed by atoms with Crippen LogP contribution in [0.3, 0.4) is 0 Å². The highest BCUT2D eigenvalue weighted by atomic mass is 32.2. The van der Waals surface area contributed by atoms with Gasteiger partial charge in [0.1, 0.15) is 0 Å². The van der Waals surface area contributed by atoms with Crippen molar-refractivity contribution in [1.82, 2.24) is 14.9 Å². The van der Waals surface area contributed by atoms with E-state index in [9.17, 15) is 9.59 Å². The molecular formula is C23H27N3O2S. The summed E-state index contributed by atoms with van der Waals surface area (Å²) < 4.78 is 1.62. The molecule has 0 saturated carbocycles. The molecule has 1 N–H and O–H groups in total. The van der Waals surface area contributed by atoms with Crippen LogP contribution in [0.5, 0.6) is 0 Å². The van der Waals surface area contributed by atoms with E-state index in [4.69, 9.17) is 4.98 Å². The number of aromatic nitrogens is 2. The molecule has 5 nitrogen and oxygen atoms in total. The predicted octanol–water partition coefficient (Wildman–Crippen LogP) is 4.26. The van der Waals surface area contributed by atoms with Gasteiger partial charge in [-0.3, -0.25) is 14.2 Å². The Bertz CT molecular complexity index is 1080. The molecule has 0 aliphatic rings. The molecule has 1 unspecified atom stereocenters. The van der Waals surface area contributed by atoms with Crippen molar-refractivity contribution < 1.29 is 4.79 Å². The summed E-state index contributed by atoms with van der Waals surface area (Å²) in [6.45, 7) is 10.6. The first kappa shape index (κ1) is 21.1. The van der Waals surface area contributed by atoms with E-state index in [-0.39, 0.29) is 16.7 Å². The minimum Gasteiger partial charge on any atom is -0.355 e. The van der Waals surface area contributed by atoms with Gasteiger partial charge in [-0.05, 0) is 62.1 Å². The largest absolute Gasteiger partial charge is 0.355 e. The van der Waals surface area contributed by atoms with E-state index in [0.717, 1.165) is 16.8 Å². The van der Waals surface area contributed by atoms with Gasteiger partial charge >= 0.3 is 0 Å². The summed E-state index contributed by atoms with van der Waals surface area (Å²) in [6, 6.07) is 13.3. The summed E-state index contributed by atoms with van der Waals surface area (Å²) in [5.41, 5.74) is 3.41. The highest BCUT2D eigenvalue weighted by Crippen LogP contribution is 2.26. The third kappa shape index (κ3) is 4.88. The number of amides is 1. The molecule has 1 amide bonds. The van der Waals surface area contributed by atoms with E-state index in [1.807, 2.05) is 51.1 Å². The summed E-state index contributed by atoms with van der Waals surface area (Å²) in [7, 11) is 0. The van der Waals surface area contributed by atoms with Gasteiger partial charge in [-0.1, -0.05) is 43.8 Å². The van der Waals surface area contributed by atoms with Gasteiger partial charge in [0.05, 0.1) is 21.8 Å². The lowest BCUT2D eigenvalue weighted by atomic mass is 10.1. The number of para-hydroxylation sites is 1. The van der Waals surface area contributed by atoms with Gasteiger partial charge in [-0.25, -0.2) is 4.98 Å². The van der Waals surface area contributed by atoms with E-state index < -0.39 is 0 Å². The van der Waals surface area contributed by atoms with Crippen LogP contribution < -0.4 is 10.9 Å². The van der Waals surface area contributed by atoms with Crippen LogP contribution in [0.15, 0.2) is 52.4 Å². The quantitative estimate of drug-likeness (QED) is 0.488. The van der Waals surface area contributed by atoms with Gasteiger partial charge in [-0.2, -0.15) is 0 Å². The van der Waals surface area contributed by atoms with Gasteiger partial charge in [0.2, 0.25) is 5.91 Å². The summed E-state index contributed by atoms with van der Waals surface area (Å²) in [5.74, 6) is 0.321. The van der Waals surface area contributed by atoms with Crippen LogP contribution in [-0.2, 0) is 4.79 Å². The lowest BCUT2D eigenvalue weighted by Gasteiger charge is -2.17. The van der Waals surface area contributed by atoms with Crippen LogP contribution in [0.4, 0.5) is 0 Å². The van der Waals surface area contributed by atoms with Crippen molar-refractivity contribution >= 4 is 28.6 Å². The SMILES string of the molecule is Cc1cc(C)cc(-n2c(SC(C)C(=O)NCC(C)C)nc3ccccc3c2=O)c1. The Hall–Kier alpha value is -2.60. The third-order valence-electron chi connectivity index (χ3n) is 4.55. The zero-order chi connectivity index (χ0) is 21.1. The standard InChI is InChI=1S/C23H27N3O2S/c1-14(2)13-24-21(27)17(5)29-23-25-20-9-7-6-8-19(20)22(28)26(23)18-11-15(3)10-16(4)12-18/h6-12,14,17H,13H2,1-5H3,(H,24,27). The number of benzene rings is 2. The monoisotopic (exact) mass is 409 g/mol. The zero-order valence-corrected chi connectivity index (χ0v) is 18.3. The van der Waals surface area contributed by atoms with E-state index >= 15 is 0 Å². The Kier molecular flexibility index (Phi) is 6.42. The second kappa shape index (κ2) is 8.82. The van der Waals surface area contributed by atoms with Crippen LogP contribution in [0.1, 0.15) is 31.9 Å². The van der Waals surface area contributed by atoms with Gasteiger partial charge < -0.3 is 5.32 Å². The molecule has 6 heteroatoms. The average Bonchev–Trinajstić information content (AvgIpc) is 2.65. The normalized spacial score (nSPS) is 12.3. The highest BCUT2D eigenvalue weighted by Gasteiger charge is 2.20. The number of aryl methyl sites for hydroxylation is 2. The van der Waals surface area contributed by atoms with Crippen LogP contribution in [-0.4, -0.2) is 27.3 Å².